The van der Waals surface area contributed by atoms with Gasteiger partial charge in [-0.3, -0.25) is 14.2 Å². The van der Waals surface area contributed by atoms with Crippen molar-refractivity contribution in [3.63, 3.8) is 0 Å². The number of hydrogen-bond acceptors (Lipinski definition) is 8. The van der Waals surface area contributed by atoms with Gasteiger partial charge in [0.15, 0.2) is 0 Å². The van der Waals surface area contributed by atoms with E-state index in [2.05, 4.69) is 160 Å². The average Bonchev–Trinajstić information content (AvgIpc) is 3.17. The maximum absolute atomic E-state index is 12.6. The van der Waals surface area contributed by atoms with E-state index >= 15 is 0 Å². The van der Waals surface area contributed by atoms with Gasteiger partial charge in [-0.2, -0.15) is 0 Å². The van der Waals surface area contributed by atoms with Crippen molar-refractivity contribution in [3.05, 3.63) is 81.1 Å². The fourth-order valence-electron chi connectivity index (χ4n) is 6.35. The van der Waals surface area contributed by atoms with Gasteiger partial charge in [0.2, 0.25) is 0 Å². The number of esters is 2. The molecule has 350 valence electrons. The lowest BCUT2D eigenvalue weighted by Crippen LogP contribution is -2.38. The fraction of sp³-hybridized carbons (Fsp3) is 0.609. The van der Waals surface area contributed by atoms with Crippen LogP contribution in [0.1, 0.15) is 127 Å². The molecule has 0 aliphatic heterocycles. The summed E-state index contributed by atoms with van der Waals surface area (Å²) < 4.78 is 42.1. The molecule has 0 spiro atoms. The van der Waals surface area contributed by atoms with Crippen molar-refractivity contribution in [2.75, 3.05) is 47.5 Å². The monoisotopic (exact) mass is 1550 g/mol. The molecule has 9 nitrogen and oxygen atoms in total. The Morgan fingerprint density at radius 2 is 0.952 bits per heavy atom. The van der Waals surface area contributed by atoms with E-state index in [9.17, 15) is 19.0 Å². The third-order valence-corrected chi connectivity index (χ3v) is 16.0. The number of ether oxygens (including phenoxy) is 2. The Morgan fingerprint density at radius 3 is 1.32 bits per heavy atom. The summed E-state index contributed by atoms with van der Waals surface area (Å²) in [6, 6.07) is 9.01. The SMILES string of the molecule is C[N+](C)(C)CCOP(=O)([O-])OC(COC(=O)C/C=C\CCCCCCCCCc1c(I)cc(I)cc1I)COC(=O)C/C=C\CCCCCCCCCc1c(I)cc(I)cc1I. The van der Waals surface area contributed by atoms with E-state index in [0.717, 1.165) is 51.4 Å². The third-order valence-electron chi connectivity index (χ3n) is 9.86. The number of rotatable bonds is 34. The first-order valence-corrected chi connectivity index (χ1v) is 29.7. The Kier molecular flexibility index (Phi) is 33.1. The van der Waals surface area contributed by atoms with E-state index in [1.807, 2.05) is 33.3 Å². The van der Waals surface area contributed by atoms with Crippen LogP contribution in [-0.4, -0.2) is 70.0 Å². The van der Waals surface area contributed by atoms with Gasteiger partial charge in [0.05, 0.1) is 34.0 Å². The van der Waals surface area contributed by atoms with Gasteiger partial charge in [-0.05, 0) is 222 Å². The molecule has 0 saturated carbocycles. The summed E-state index contributed by atoms with van der Waals surface area (Å²) in [5, 5.41) is 0. The maximum Gasteiger partial charge on any atom is 0.309 e. The van der Waals surface area contributed by atoms with Crippen LogP contribution in [-0.2, 0) is 45.5 Å². The number of hydrogen-bond donors (Lipinski definition) is 0. The van der Waals surface area contributed by atoms with E-state index in [-0.39, 0.29) is 19.4 Å². The number of allylic oxidation sites excluding steroid dienone is 2. The highest BCUT2D eigenvalue weighted by atomic mass is 127. The predicted octanol–water partition coefficient (Wildman–Crippen LogP) is 13.9. The molecule has 0 saturated heterocycles. The van der Waals surface area contributed by atoms with Crippen LogP contribution in [0.15, 0.2) is 48.6 Å². The highest BCUT2D eigenvalue weighted by molar-refractivity contribution is 14.1. The highest BCUT2D eigenvalue weighted by Gasteiger charge is 2.23. The molecule has 0 bridgehead atoms. The van der Waals surface area contributed by atoms with Crippen LogP contribution in [0.2, 0.25) is 0 Å². The molecule has 0 aliphatic rings. The largest absolute Gasteiger partial charge is 0.756 e. The molecule has 0 heterocycles. The number of likely N-dealkylation sites (N-methyl/N-ethyl adjacent to an activating group) is 1. The number of phosphoric acid groups is 1. The summed E-state index contributed by atoms with van der Waals surface area (Å²) in [4.78, 5) is 37.7. The van der Waals surface area contributed by atoms with Crippen molar-refractivity contribution in [2.24, 2.45) is 0 Å². The number of benzene rings is 2. The molecule has 0 N–H and O–H groups in total. The number of unbranched alkanes of at least 4 members (excludes halogenated alkanes) is 14. The second-order valence-electron chi connectivity index (χ2n) is 16.5. The van der Waals surface area contributed by atoms with Crippen molar-refractivity contribution in [1.82, 2.24) is 0 Å². The van der Waals surface area contributed by atoms with Crippen molar-refractivity contribution >= 4 is 155 Å². The summed E-state index contributed by atoms with van der Waals surface area (Å²) >= 11 is 14.6. The van der Waals surface area contributed by atoms with Gasteiger partial charge in [-0.1, -0.05) is 88.5 Å². The molecular formula is C46H66I6NO8P. The topological polar surface area (TPSA) is 111 Å². The molecule has 1 atom stereocenters. The Morgan fingerprint density at radius 1 is 0.597 bits per heavy atom. The zero-order valence-electron chi connectivity index (χ0n) is 36.6. The third kappa shape index (κ3) is 29.9. The smallest absolute Gasteiger partial charge is 0.309 e. The van der Waals surface area contributed by atoms with Gasteiger partial charge in [0.25, 0.3) is 7.82 Å². The number of carbonyl (C=O) groups is 2. The number of halogens is 6. The van der Waals surface area contributed by atoms with E-state index in [1.165, 1.54) is 96.8 Å². The summed E-state index contributed by atoms with van der Waals surface area (Å²) in [6.07, 6.45) is 27.2. The summed E-state index contributed by atoms with van der Waals surface area (Å²) in [6.45, 7) is -0.429. The van der Waals surface area contributed by atoms with Gasteiger partial charge >= 0.3 is 11.9 Å². The molecule has 16 heteroatoms. The molecule has 0 amide bonds. The van der Waals surface area contributed by atoms with Gasteiger partial charge in [0.1, 0.15) is 32.5 Å². The lowest BCUT2D eigenvalue weighted by atomic mass is 10.0. The lowest BCUT2D eigenvalue weighted by molar-refractivity contribution is -0.870. The molecule has 1 unspecified atom stereocenters. The number of phosphoric ester groups is 1. The maximum atomic E-state index is 12.6. The fourth-order valence-corrected chi connectivity index (χ4v) is 15.4. The van der Waals surface area contributed by atoms with Crippen molar-refractivity contribution < 1.29 is 42.1 Å². The normalized spacial score (nSPS) is 13.1. The van der Waals surface area contributed by atoms with Crippen LogP contribution in [0.5, 0.6) is 0 Å². The molecule has 2 rings (SSSR count). The van der Waals surface area contributed by atoms with E-state index < -0.39 is 39.1 Å². The van der Waals surface area contributed by atoms with Gasteiger partial charge in [-0.25, -0.2) is 0 Å². The highest BCUT2D eigenvalue weighted by Crippen LogP contribution is 2.40. The Labute approximate surface area is 454 Å². The first kappa shape index (κ1) is 59.4. The lowest BCUT2D eigenvalue weighted by Gasteiger charge is -2.29. The number of nitrogens with zero attached hydrogens (tertiary/aromatic N) is 1. The molecule has 0 aromatic heterocycles. The molecule has 2 aromatic carbocycles. The quantitative estimate of drug-likeness (QED) is 0.0170. The van der Waals surface area contributed by atoms with Crippen LogP contribution in [0.4, 0.5) is 0 Å². The second-order valence-corrected chi connectivity index (χ2v) is 25.0. The van der Waals surface area contributed by atoms with Gasteiger partial charge in [0, 0.05) is 21.4 Å². The minimum Gasteiger partial charge on any atom is -0.756 e. The summed E-state index contributed by atoms with van der Waals surface area (Å²) in [7, 11) is 0.988. The van der Waals surface area contributed by atoms with Crippen LogP contribution < -0.4 is 4.89 Å². The molecule has 0 fully saturated rings. The summed E-state index contributed by atoms with van der Waals surface area (Å²) in [5.74, 6) is -1.04. The van der Waals surface area contributed by atoms with Gasteiger partial charge in [-0.15, -0.1) is 0 Å². The second kappa shape index (κ2) is 34.6. The predicted molar refractivity (Wildman–Crippen MR) is 301 cm³/mol. The average molecular weight is 1550 g/mol. The first-order valence-electron chi connectivity index (χ1n) is 21.8. The standard InChI is InChI=1S/C46H66I6NO8P/c1-53(2,3)28-29-60-62(56,57)61-38(34-58-45(54)26-22-18-14-10-6-4-8-12-16-20-24-39-41(49)30-36(47)31-42(39)50)35-59-46(55)27-23-19-15-11-7-5-9-13-17-21-25-40-43(51)32-37(48)33-44(40)52/h18-19,22-23,30-33,38H,4-17,20-21,24-29,34-35H2,1-3H3/b22-18-,23-19-. The van der Waals surface area contributed by atoms with Crippen molar-refractivity contribution in [3.8, 4) is 0 Å². The van der Waals surface area contributed by atoms with Crippen LogP contribution in [0, 0.1) is 21.4 Å². The van der Waals surface area contributed by atoms with Crippen LogP contribution in [0.3, 0.4) is 0 Å². The molecule has 62 heavy (non-hydrogen) atoms. The Bertz CT molecular complexity index is 1590. The Hall–Kier alpha value is 1.31. The van der Waals surface area contributed by atoms with Crippen molar-refractivity contribution in [2.45, 2.75) is 135 Å². The van der Waals surface area contributed by atoms with E-state index in [4.69, 9.17) is 18.5 Å². The minimum absolute atomic E-state index is 0.0537. The molecule has 2 aromatic rings. The zero-order chi connectivity index (χ0) is 45.8. The first-order chi connectivity index (χ1) is 29.5. The number of quaternary nitrogens is 1. The molecule has 0 aliphatic carbocycles. The minimum atomic E-state index is -4.76. The van der Waals surface area contributed by atoms with Crippen LogP contribution >= 0.6 is 143 Å². The van der Waals surface area contributed by atoms with Crippen LogP contribution in [0.25, 0.3) is 0 Å². The van der Waals surface area contributed by atoms with E-state index in [1.54, 1.807) is 12.2 Å². The Balaban J connectivity index is 1.62. The molecule has 0 radical (unpaired) electrons. The zero-order valence-corrected chi connectivity index (χ0v) is 50.4. The summed E-state index contributed by atoms with van der Waals surface area (Å²) in [5.41, 5.74) is 2.96. The van der Waals surface area contributed by atoms with E-state index in [0.29, 0.717) is 11.0 Å². The molecular weight excluding hydrogens is 1490 g/mol. The van der Waals surface area contributed by atoms with Crippen molar-refractivity contribution in [1.29, 1.82) is 0 Å². The van der Waals surface area contributed by atoms with Gasteiger partial charge < -0.3 is 27.9 Å². The number of carbonyl (C=O) groups excluding carboxylic acids is 2.